The summed E-state index contributed by atoms with van der Waals surface area (Å²) < 4.78 is 0. The minimum Gasteiger partial charge on any atom is -0.508 e. The van der Waals surface area contributed by atoms with Crippen molar-refractivity contribution >= 4 is 5.91 Å². The molecule has 4 nitrogen and oxygen atoms in total. The predicted octanol–water partition coefficient (Wildman–Crippen LogP) is 1.79. The number of carbonyl (C=O) groups excluding carboxylic acids is 1. The van der Waals surface area contributed by atoms with Crippen LogP contribution in [0.3, 0.4) is 0 Å². The number of phenols is 1. The average molecular weight is 260 g/mol. The molecule has 1 aromatic carbocycles. The Labute approximate surface area is 113 Å². The summed E-state index contributed by atoms with van der Waals surface area (Å²) in [6.45, 7) is 1.81. The van der Waals surface area contributed by atoms with Crippen LogP contribution in [-0.4, -0.2) is 34.0 Å². The molecule has 0 radical (unpaired) electrons. The molecule has 0 aromatic heterocycles. The van der Waals surface area contributed by atoms with Crippen molar-refractivity contribution in [3.63, 3.8) is 0 Å². The van der Waals surface area contributed by atoms with Crippen molar-refractivity contribution in [1.82, 2.24) is 4.90 Å². The molecule has 4 heteroatoms. The zero-order valence-electron chi connectivity index (χ0n) is 11.2. The highest BCUT2D eigenvalue weighted by Gasteiger charge is 2.42. The van der Waals surface area contributed by atoms with Crippen LogP contribution in [0.4, 0.5) is 0 Å². The molecule has 3 N–H and O–H groups in total. The van der Waals surface area contributed by atoms with E-state index in [0.29, 0.717) is 17.6 Å². The molecule has 2 atom stereocenters. The fourth-order valence-corrected chi connectivity index (χ4v) is 3.49. The first kappa shape index (κ1) is 12.5. The summed E-state index contributed by atoms with van der Waals surface area (Å²) in [6.07, 6.45) is 3.97. The molecule has 2 fully saturated rings. The van der Waals surface area contributed by atoms with Gasteiger partial charge in [-0.2, -0.15) is 0 Å². The SMILES string of the molecule is Cc1cc(C(=O)N2C3CCC2CC(N)C3)ccc1O. The summed E-state index contributed by atoms with van der Waals surface area (Å²) in [6, 6.07) is 5.92. The fourth-order valence-electron chi connectivity index (χ4n) is 3.49. The van der Waals surface area contributed by atoms with E-state index in [4.69, 9.17) is 5.73 Å². The van der Waals surface area contributed by atoms with Gasteiger partial charge in [0, 0.05) is 23.7 Å². The Bertz CT molecular complexity index is 501. The number of aryl methyl sites for hydroxylation is 1. The van der Waals surface area contributed by atoms with Crippen LogP contribution < -0.4 is 5.73 Å². The Morgan fingerprint density at radius 2 is 1.95 bits per heavy atom. The summed E-state index contributed by atoms with van der Waals surface area (Å²) in [4.78, 5) is 14.7. The Morgan fingerprint density at radius 1 is 1.32 bits per heavy atom. The van der Waals surface area contributed by atoms with E-state index in [1.165, 1.54) is 0 Å². The number of hydrogen-bond acceptors (Lipinski definition) is 3. The van der Waals surface area contributed by atoms with E-state index in [1.807, 2.05) is 11.8 Å². The van der Waals surface area contributed by atoms with Gasteiger partial charge in [0.2, 0.25) is 0 Å². The number of aromatic hydroxyl groups is 1. The minimum absolute atomic E-state index is 0.0856. The highest BCUT2D eigenvalue weighted by molar-refractivity contribution is 5.95. The van der Waals surface area contributed by atoms with Crippen molar-refractivity contribution in [3.05, 3.63) is 29.3 Å². The Kier molecular flexibility index (Phi) is 2.97. The van der Waals surface area contributed by atoms with Crippen molar-refractivity contribution in [1.29, 1.82) is 0 Å². The third-order valence-electron chi connectivity index (χ3n) is 4.45. The molecule has 19 heavy (non-hydrogen) atoms. The normalized spacial score (nSPS) is 29.6. The van der Waals surface area contributed by atoms with Gasteiger partial charge in [0.25, 0.3) is 5.91 Å². The zero-order chi connectivity index (χ0) is 13.6. The molecule has 2 unspecified atom stereocenters. The Hall–Kier alpha value is -1.55. The number of piperidine rings is 1. The summed E-state index contributed by atoms with van der Waals surface area (Å²) in [5, 5.41) is 9.55. The number of phenolic OH excluding ortho intramolecular Hbond substituents is 1. The molecule has 0 spiro atoms. The number of benzene rings is 1. The van der Waals surface area contributed by atoms with Crippen molar-refractivity contribution in [2.45, 2.75) is 50.7 Å². The van der Waals surface area contributed by atoms with E-state index in [9.17, 15) is 9.90 Å². The fraction of sp³-hybridized carbons (Fsp3) is 0.533. The highest BCUT2D eigenvalue weighted by atomic mass is 16.3. The van der Waals surface area contributed by atoms with E-state index >= 15 is 0 Å². The molecule has 1 amide bonds. The summed E-state index contributed by atoms with van der Waals surface area (Å²) >= 11 is 0. The molecule has 2 bridgehead atoms. The number of nitrogens with two attached hydrogens (primary N) is 1. The van der Waals surface area contributed by atoms with Crippen LogP contribution in [0.15, 0.2) is 18.2 Å². The molecule has 2 aliphatic heterocycles. The van der Waals surface area contributed by atoms with Crippen LogP contribution in [0, 0.1) is 6.92 Å². The monoisotopic (exact) mass is 260 g/mol. The van der Waals surface area contributed by atoms with Crippen LogP contribution in [0.25, 0.3) is 0 Å². The van der Waals surface area contributed by atoms with Crippen LogP contribution in [0.5, 0.6) is 5.75 Å². The maximum absolute atomic E-state index is 12.6. The molecule has 102 valence electrons. The first-order valence-corrected chi connectivity index (χ1v) is 6.94. The molecular formula is C15H20N2O2. The molecule has 3 rings (SSSR count). The van der Waals surface area contributed by atoms with E-state index < -0.39 is 0 Å². The molecule has 0 aliphatic carbocycles. The van der Waals surface area contributed by atoms with Crippen LogP contribution >= 0.6 is 0 Å². The van der Waals surface area contributed by atoms with Gasteiger partial charge in [-0.25, -0.2) is 0 Å². The number of fused-ring (bicyclic) bond motifs is 2. The van der Waals surface area contributed by atoms with Crippen molar-refractivity contribution in [2.24, 2.45) is 5.73 Å². The quantitative estimate of drug-likeness (QED) is 0.809. The summed E-state index contributed by atoms with van der Waals surface area (Å²) in [5.41, 5.74) is 7.44. The van der Waals surface area contributed by atoms with Gasteiger partial charge in [-0.15, -0.1) is 0 Å². The average Bonchev–Trinajstić information content (AvgIpc) is 2.64. The van der Waals surface area contributed by atoms with Crippen LogP contribution in [0.2, 0.25) is 0 Å². The van der Waals surface area contributed by atoms with Crippen LogP contribution in [0.1, 0.15) is 41.6 Å². The molecule has 2 aliphatic rings. The van der Waals surface area contributed by atoms with Crippen molar-refractivity contribution in [3.8, 4) is 5.75 Å². The number of amides is 1. The lowest BCUT2D eigenvalue weighted by molar-refractivity contribution is 0.0575. The van der Waals surface area contributed by atoms with Gasteiger partial charge in [0.1, 0.15) is 5.75 Å². The zero-order valence-corrected chi connectivity index (χ0v) is 11.2. The third-order valence-corrected chi connectivity index (χ3v) is 4.45. The third kappa shape index (κ3) is 2.10. The van der Waals surface area contributed by atoms with Gasteiger partial charge in [-0.3, -0.25) is 4.79 Å². The number of nitrogens with zero attached hydrogens (tertiary/aromatic N) is 1. The topological polar surface area (TPSA) is 66.6 Å². The standard InChI is InChI=1S/C15H20N2O2/c1-9-6-10(2-5-14(9)18)15(19)17-12-3-4-13(17)8-11(16)7-12/h2,5-6,11-13,18H,3-4,7-8,16H2,1H3. The minimum atomic E-state index is 0.0856. The number of carbonyl (C=O) groups is 1. The smallest absolute Gasteiger partial charge is 0.254 e. The second kappa shape index (κ2) is 4.53. The lowest BCUT2D eigenvalue weighted by atomic mass is 9.97. The van der Waals surface area contributed by atoms with E-state index in [0.717, 1.165) is 31.2 Å². The second-order valence-corrected chi connectivity index (χ2v) is 5.83. The molecule has 2 saturated heterocycles. The summed E-state index contributed by atoms with van der Waals surface area (Å²) in [7, 11) is 0. The predicted molar refractivity (Wildman–Crippen MR) is 73.0 cm³/mol. The molecule has 0 saturated carbocycles. The maximum atomic E-state index is 12.6. The maximum Gasteiger partial charge on any atom is 0.254 e. The Balaban J connectivity index is 1.86. The highest BCUT2D eigenvalue weighted by Crippen LogP contribution is 2.36. The van der Waals surface area contributed by atoms with Gasteiger partial charge in [-0.1, -0.05) is 0 Å². The Morgan fingerprint density at radius 3 is 2.53 bits per heavy atom. The van der Waals surface area contributed by atoms with Gasteiger partial charge < -0.3 is 15.7 Å². The van der Waals surface area contributed by atoms with Gasteiger partial charge in [-0.05, 0) is 56.4 Å². The largest absolute Gasteiger partial charge is 0.508 e. The lowest BCUT2D eigenvalue weighted by Crippen LogP contribution is -2.50. The molecular weight excluding hydrogens is 240 g/mol. The number of rotatable bonds is 1. The molecule has 1 aromatic rings. The molecule has 2 heterocycles. The first-order valence-electron chi connectivity index (χ1n) is 6.94. The van der Waals surface area contributed by atoms with Crippen molar-refractivity contribution in [2.75, 3.05) is 0 Å². The van der Waals surface area contributed by atoms with Gasteiger partial charge in [0.15, 0.2) is 0 Å². The number of hydrogen-bond donors (Lipinski definition) is 2. The summed E-state index contributed by atoms with van der Waals surface area (Å²) in [5.74, 6) is 0.322. The van der Waals surface area contributed by atoms with E-state index in [2.05, 4.69) is 0 Å². The first-order chi connectivity index (χ1) is 9.06. The van der Waals surface area contributed by atoms with E-state index in [1.54, 1.807) is 18.2 Å². The van der Waals surface area contributed by atoms with Crippen molar-refractivity contribution < 1.29 is 9.90 Å². The van der Waals surface area contributed by atoms with Crippen LogP contribution in [-0.2, 0) is 0 Å². The lowest BCUT2D eigenvalue weighted by Gasteiger charge is -2.37. The van der Waals surface area contributed by atoms with Gasteiger partial charge in [0.05, 0.1) is 0 Å². The van der Waals surface area contributed by atoms with Gasteiger partial charge >= 0.3 is 0 Å². The van der Waals surface area contributed by atoms with E-state index in [-0.39, 0.29) is 17.7 Å². The second-order valence-electron chi connectivity index (χ2n) is 5.83.